The summed E-state index contributed by atoms with van der Waals surface area (Å²) in [5, 5.41) is 0. The summed E-state index contributed by atoms with van der Waals surface area (Å²) >= 11 is 0. The Hall–Kier alpha value is -0.362. The maximum absolute atomic E-state index is 4.58. The van der Waals surface area contributed by atoms with Crippen LogP contribution in [0.25, 0.3) is 0 Å². The van der Waals surface area contributed by atoms with Crippen molar-refractivity contribution in [2.45, 2.75) is 0 Å². The van der Waals surface area contributed by atoms with Crippen LogP contribution >= 0.6 is 0 Å². The molecule has 1 aliphatic rings. The number of rotatable bonds is 0. The average molecular weight is 159 g/mol. The van der Waals surface area contributed by atoms with E-state index in [9.17, 15) is 0 Å². The quantitative estimate of drug-likeness (QED) is 0.481. The van der Waals surface area contributed by atoms with Crippen LogP contribution in [0.1, 0.15) is 0 Å². The first-order valence-electron chi connectivity index (χ1n) is 1.61. The van der Waals surface area contributed by atoms with Gasteiger partial charge < -0.3 is 9.47 Å². The molecule has 0 aromatic heterocycles. The van der Waals surface area contributed by atoms with Gasteiger partial charge in [0.2, 0.25) is 0 Å². The average Bonchev–Trinajstić information content (AvgIpc) is 1.72. The molecule has 0 unspecified atom stereocenters. The largest absolute Gasteiger partial charge is 0.466 e. The zero-order valence-corrected chi connectivity index (χ0v) is 5.45. The van der Waals surface area contributed by atoms with Gasteiger partial charge in [-0.1, -0.05) is 0 Å². The summed E-state index contributed by atoms with van der Waals surface area (Å²) in [4.78, 5) is 0. The predicted molar refractivity (Wildman–Crippen MR) is 26.2 cm³/mol. The molecule has 3 radical (unpaired) electrons. The third-order valence-electron chi connectivity index (χ3n) is 0.425. The van der Waals surface area contributed by atoms with Crippen LogP contribution in [-0.4, -0.2) is 18.0 Å². The molecule has 7 heavy (non-hydrogen) atoms. The zero-order valence-electron chi connectivity index (χ0n) is 3.57. The SMILES string of the molecule is C1=COC=CO1.[As]. The number of hydrogen-bond donors (Lipinski definition) is 0. The first kappa shape index (κ1) is 6.64. The summed E-state index contributed by atoms with van der Waals surface area (Å²) in [7, 11) is 0. The molecular formula is C4H4AsO2. The van der Waals surface area contributed by atoms with Crippen molar-refractivity contribution >= 4 is 18.0 Å². The molecule has 1 aliphatic heterocycles. The Morgan fingerprint density at radius 1 is 0.714 bits per heavy atom. The molecule has 37 valence electrons. The molecule has 0 atom stereocenters. The second kappa shape index (κ2) is 3.82. The molecule has 0 bridgehead atoms. The van der Waals surface area contributed by atoms with Gasteiger partial charge in [-0.05, 0) is 0 Å². The molecule has 0 aromatic carbocycles. The Kier molecular flexibility index (Phi) is 3.62. The van der Waals surface area contributed by atoms with Crippen molar-refractivity contribution in [2.75, 3.05) is 0 Å². The van der Waals surface area contributed by atoms with Gasteiger partial charge in [0, 0.05) is 18.0 Å². The summed E-state index contributed by atoms with van der Waals surface area (Å²) < 4.78 is 9.17. The second-order valence-corrected chi connectivity index (χ2v) is 0.816. The fourth-order valence-corrected chi connectivity index (χ4v) is 0.219. The van der Waals surface area contributed by atoms with E-state index in [2.05, 4.69) is 9.47 Å². The Bertz CT molecular complexity index is 67.7. The van der Waals surface area contributed by atoms with E-state index in [1.165, 1.54) is 25.0 Å². The summed E-state index contributed by atoms with van der Waals surface area (Å²) in [5.74, 6) is 0. The van der Waals surface area contributed by atoms with Gasteiger partial charge in [-0.15, -0.1) is 0 Å². The first-order valence-corrected chi connectivity index (χ1v) is 1.61. The molecule has 0 N–H and O–H groups in total. The maximum atomic E-state index is 4.58. The number of ether oxygens (including phenoxy) is 2. The van der Waals surface area contributed by atoms with Gasteiger partial charge in [0.25, 0.3) is 0 Å². The fraction of sp³-hybridized carbons (Fsp3) is 0. The van der Waals surface area contributed by atoms with Crippen LogP contribution in [0.2, 0.25) is 0 Å². The van der Waals surface area contributed by atoms with Gasteiger partial charge in [-0.3, -0.25) is 0 Å². The zero-order chi connectivity index (χ0) is 4.24. The molecule has 0 aliphatic carbocycles. The third kappa shape index (κ3) is 2.35. The van der Waals surface area contributed by atoms with Gasteiger partial charge in [0.05, 0.1) is 0 Å². The molecule has 3 heteroatoms. The monoisotopic (exact) mass is 159 g/mol. The van der Waals surface area contributed by atoms with Gasteiger partial charge in [-0.25, -0.2) is 0 Å². The van der Waals surface area contributed by atoms with Gasteiger partial charge >= 0.3 is 0 Å². The van der Waals surface area contributed by atoms with E-state index in [1.54, 1.807) is 0 Å². The number of hydrogen-bond acceptors (Lipinski definition) is 2. The maximum Gasteiger partial charge on any atom is 0.125 e. The van der Waals surface area contributed by atoms with Crippen LogP contribution in [0.15, 0.2) is 25.0 Å². The van der Waals surface area contributed by atoms with Crippen molar-refractivity contribution < 1.29 is 9.47 Å². The van der Waals surface area contributed by atoms with Crippen molar-refractivity contribution in [3.63, 3.8) is 0 Å². The minimum atomic E-state index is 0. The molecular weight excluding hydrogens is 155 g/mol. The summed E-state index contributed by atoms with van der Waals surface area (Å²) in [6.45, 7) is 0. The fourth-order valence-electron chi connectivity index (χ4n) is 0.219. The van der Waals surface area contributed by atoms with E-state index >= 15 is 0 Å². The molecule has 2 nitrogen and oxygen atoms in total. The van der Waals surface area contributed by atoms with E-state index in [0.29, 0.717) is 0 Å². The molecule has 0 saturated heterocycles. The van der Waals surface area contributed by atoms with Crippen LogP contribution in [0.3, 0.4) is 0 Å². The molecule has 0 aromatic rings. The Morgan fingerprint density at radius 2 is 1.00 bits per heavy atom. The Morgan fingerprint density at radius 3 is 1.14 bits per heavy atom. The standard InChI is InChI=1S/C4H4O2.As/c1-2-6-4-3-5-1;/h1-4H;. The Balaban J connectivity index is 0.000000360. The van der Waals surface area contributed by atoms with Crippen molar-refractivity contribution in [1.82, 2.24) is 0 Å². The van der Waals surface area contributed by atoms with Crippen molar-refractivity contribution in [1.29, 1.82) is 0 Å². The van der Waals surface area contributed by atoms with E-state index in [4.69, 9.17) is 0 Å². The predicted octanol–water partition coefficient (Wildman–Crippen LogP) is 0.595. The van der Waals surface area contributed by atoms with Crippen LogP contribution in [0.5, 0.6) is 0 Å². The summed E-state index contributed by atoms with van der Waals surface area (Å²) in [6.07, 6.45) is 5.83. The molecule has 0 spiro atoms. The van der Waals surface area contributed by atoms with E-state index in [1.807, 2.05) is 0 Å². The third-order valence-corrected chi connectivity index (χ3v) is 0.425. The van der Waals surface area contributed by atoms with Crippen molar-refractivity contribution in [3.05, 3.63) is 25.0 Å². The molecule has 0 saturated carbocycles. The molecule has 1 rings (SSSR count). The van der Waals surface area contributed by atoms with Crippen LogP contribution in [0, 0.1) is 0 Å². The van der Waals surface area contributed by atoms with E-state index in [-0.39, 0.29) is 18.0 Å². The minimum Gasteiger partial charge on any atom is -0.466 e. The van der Waals surface area contributed by atoms with Crippen molar-refractivity contribution in [2.24, 2.45) is 0 Å². The first-order chi connectivity index (χ1) is 3.00. The Labute approximate surface area is 53.1 Å². The topological polar surface area (TPSA) is 18.5 Å². The van der Waals surface area contributed by atoms with Gasteiger partial charge in [-0.2, -0.15) is 0 Å². The van der Waals surface area contributed by atoms with Crippen LogP contribution in [0.4, 0.5) is 0 Å². The van der Waals surface area contributed by atoms with Crippen molar-refractivity contribution in [3.8, 4) is 0 Å². The summed E-state index contributed by atoms with van der Waals surface area (Å²) in [6, 6.07) is 0. The summed E-state index contributed by atoms with van der Waals surface area (Å²) in [5.41, 5.74) is 0. The second-order valence-electron chi connectivity index (χ2n) is 0.816. The van der Waals surface area contributed by atoms with E-state index < -0.39 is 0 Å². The molecule has 0 fully saturated rings. The van der Waals surface area contributed by atoms with Gasteiger partial charge in [0.1, 0.15) is 25.0 Å². The molecule has 1 heterocycles. The smallest absolute Gasteiger partial charge is 0.125 e. The van der Waals surface area contributed by atoms with Crippen LogP contribution in [-0.2, 0) is 9.47 Å². The van der Waals surface area contributed by atoms with E-state index in [0.717, 1.165) is 0 Å². The van der Waals surface area contributed by atoms with Gasteiger partial charge in [0.15, 0.2) is 0 Å². The molecule has 0 amide bonds. The minimum absolute atomic E-state index is 0. The van der Waals surface area contributed by atoms with Crippen LogP contribution < -0.4 is 0 Å². The normalized spacial score (nSPS) is 13.7.